The average molecular weight is 239 g/mol. The normalized spacial score (nSPS) is 10.9. The minimum absolute atomic E-state index is 0.330. The first-order valence-electron chi connectivity index (χ1n) is 6.13. The van der Waals surface area contributed by atoms with Crippen LogP contribution in [0.5, 0.6) is 0 Å². The van der Waals surface area contributed by atoms with Crippen LogP contribution in [0.25, 0.3) is 0 Å². The van der Waals surface area contributed by atoms with E-state index >= 15 is 0 Å². The molecule has 0 spiro atoms. The summed E-state index contributed by atoms with van der Waals surface area (Å²) in [7, 11) is 0. The zero-order valence-electron chi connectivity index (χ0n) is 11.1. The largest absolute Gasteiger partial charge is 0.461 e. The number of carbonyl (C=O) groups is 1. The molecule has 0 N–H and O–H groups in total. The van der Waals surface area contributed by atoms with E-state index in [-0.39, 0.29) is 5.97 Å². The summed E-state index contributed by atoms with van der Waals surface area (Å²) >= 11 is 0. The molecule has 1 aromatic heterocycles. The van der Waals surface area contributed by atoms with Gasteiger partial charge in [-0.1, -0.05) is 19.1 Å². The van der Waals surface area contributed by atoms with Crippen LogP contribution in [0, 0.1) is 12.8 Å². The van der Waals surface area contributed by atoms with Crippen LogP contribution in [0.4, 0.5) is 0 Å². The molecule has 0 radical (unpaired) electrons. The molecule has 5 nitrogen and oxygen atoms in total. The van der Waals surface area contributed by atoms with E-state index in [0.29, 0.717) is 18.2 Å². The highest BCUT2D eigenvalue weighted by Crippen LogP contribution is 2.09. The SMILES string of the molecule is CCOC(=O)c1nnn(CCCC(C)C)c1C. The summed E-state index contributed by atoms with van der Waals surface area (Å²) < 4.78 is 6.68. The van der Waals surface area contributed by atoms with Crippen molar-refractivity contribution >= 4 is 5.97 Å². The van der Waals surface area contributed by atoms with Crippen molar-refractivity contribution in [2.45, 2.75) is 47.1 Å². The zero-order valence-corrected chi connectivity index (χ0v) is 11.1. The van der Waals surface area contributed by atoms with E-state index in [1.165, 1.54) is 0 Å². The molecule has 0 unspecified atom stereocenters. The van der Waals surface area contributed by atoms with E-state index in [1.807, 2.05) is 6.92 Å². The van der Waals surface area contributed by atoms with Crippen molar-refractivity contribution in [2.75, 3.05) is 6.61 Å². The maximum atomic E-state index is 11.5. The number of ether oxygens (including phenoxy) is 1. The monoisotopic (exact) mass is 239 g/mol. The van der Waals surface area contributed by atoms with E-state index < -0.39 is 0 Å². The molecule has 0 aliphatic rings. The molecule has 0 bridgehead atoms. The minimum atomic E-state index is -0.389. The fourth-order valence-corrected chi connectivity index (χ4v) is 1.61. The molecule has 5 heteroatoms. The lowest BCUT2D eigenvalue weighted by atomic mass is 10.1. The third kappa shape index (κ3) is 3.84. The van der Waals surface area contributed by atoms with Gasteiger partial charge in [-0.3, -0.25) is 0 Å². The number of aryl methyl sites for hydroxylation is 1. The third-order valence-electron chi connectivity index (χ3n) is 2.60. The standard InChI is InChI=1S/C12H21N3O2/c1-5-17-12(16)11-10(4)15(14-13-11)8-6-7-9(2)3/h9H,5-8H2,1-4H3. The van der Waals surface area contributed by atoms with Crippen LogP contribution >= 0.6 is 0 Å². The highest BCUT2D eigenvalue weighted by atomic mass is 16.5. The molecule has 0 fully saturated rings. The predicted octanol–water partition coefficient (Wildman–Crippen LogP) is 2.20. The Kier molecular flexibility index (Phi) is 5.12. The molecule has 96 valence electrons. The van der Waals surface area contributed by atoms with Crippen LogP contribution in [-0.2, 0) is 11.3 Å². The summed E-state index contributed by atoms with van der Waals surface area (Å²) in [6.07, 6.45) is 2.19. The Hall–Kier alpha value is -1.39. The molecular formula is C12H21N3O2. The highest BCUT2D eigenvalue weighted by Gasteiger charge is 2.16. The van der Waals surface area contributed by atoms with Crippen LogP contribution < -0.4 is 0 Å². The number of carbonyl (C=O) groups excluding carboxylic acids is 1. The van der Waals surface area contributed by atoms with Crippen molar-refractivity contribution in [3.8, 4) is 0 Å². The minimum Gasteiger partial charge on any atom is -0.461 e. The number of aromatic nitrogens is 3. The Morgan fingerprint density at radius 3 is 2.76 bits per heavy atom. The van der Waals surface area contributed by atoms with Gasteiger partial charge in [0, 0.05) is 6.54 Å². The first-order valence-corrected chi connectivity index (χ1v) is 6.13. The third-order valence-corrected chi connectivity index (χ3v) is 2.60. The topological polar surface area (TPSA) is 57.0 Å². The Bertz CT molecular complexity index is 372. The molecule has 1 heterocycles. The molecule has 1 aromatic rings. The van der Waals surface area contributed by atoms with Gasteiger partial charge in [0.25, 0.3) is 0 Å². The average Bonchev–Trinajstić information content (AvgIpc) is 2.60. The fourth-order valence-electron chi connectivity index (χ4n) is 1.61. The van der Waals surface area contributed by atoms with E-state index in [2.05, 4.69) is 24.2 Å². The van der Waals surface area contributed by atoms with Gasteiger partial charge < -0.3 is 4.74 Å². The summed E-state index contributed by atoms with van der Waals surface area (Å²) in [5, 5.41) is 7.85. The van der Waals surface area contributed by atoms with E-state index in [4.69, 9.17) is 4.74 Å². The van der Waals surface area contributed by atoms with Crippen molar-refractivity contribution in [3.05, 3.63) is 11.4 Å². The van der Waals surface area contributed by atoms with E-state index in [1.54, 1.807) is 11.6 Å². The molecule has 0 saturated carbocycles. The second-order valence-electron chi connectivity index (χ2n) is 4.50. The summed E-state index contributed by atoms with van der Waals surface area (Å²) in [4.78, 5) is 11.5. The molecule has 0 saturated heterocycles. The quantitative estimate of drug-likeness (QED) is 0.714. The van der Waals surface area contributed by atoms with Gasteiger partial charge in [-0.2, -0.15) is 0 Å². The fraction of sp³-hybridized carbons (Fsp3) is 0.750. The second kappa shape index (κ2) is 6.37. The Morgan fingerprint density at radius 1 is 1.47 bits per heavy atom. The molecule has 0 amide bonds. The van der Waals surface area contributed by atoms with Gasteiger partial charge in [0.1, 0.15) is 0 Å². The van der Waals surface area contributed by atoms with Crippen LogP contribution in [0.15, 0.2) is 0 Å². The molecule has 0 atom stereocenters. The Balaban J connectivity index is 2.61. The molecule has 0 aliphatic carbocycles. The number of hydrogen-bond donors (Lipinski definition) is 0. The van der Waals surface area contributed by atoms with Crippen molar-refractivity contribution in [3.63, 3.8) is 0 Å². The van der Waals surface area contributed by atoms with Gasteiger partial charge >= 0.3 is 5.97 Å². The van der Waals surface area contributed by atoms with Crippen LogP contribution in [0.1, 0.15) is 49.8 Å². The van der Waals surface area contributed by atoms with Gasteiger partial charge in [-0.05, 0) is 32.6 Å². The van der Waals surface area contributed by atoms with Gasteiger partial charge in [-0.25, -0.2) is 9.48 Å². The first kappa shape index (κ1) is 13.7. The van der Waals surface area contributed by atoms with E-state index in [9.17, 15) is 4.79 Å². The van der Waals surface area contributed by atoms with Gasteiger partial charge in [-0.15, -0.1) is 5.10 Å². The van der Waals surface area contributed by atoms with Gasteiger partial charge in [0.15, 0.2) is 5.69 Å². The van der Waals surface area contributed by atoms with Crippen molar-refractivity contribution < 1.29 is 9.53 Å². The smallest absolute Gasteiger partial charge is 0.360 e. The number of esters is 1. The number of hydrogen-bond acceptors (Lipinski definition) is 4. The van der Waals surface area contributed by atoms with Crippen molar-refractivity contribution in [1.29, 1.82) is 0 Å². The highest BCUT2D eigenvalue weighted by molar-refractivity contribution is 5.88. The summed E-state index contributed by atoms with van der Waals surface area (Å²) in [5.41, 5.74) is 1.11. The lowest BCUT2D eigenvalue weighted by Crippen LogP contribution is -2.08. The maximum absolute atomic E-state index is 11.5. The Morgan fingerprint density at radius 2 is 2.18 bits per heavy atom. The molecule has 0 aliphatic heterocycles. The number of rotatable bonds is 6. The first-order chi connectivity index (χ1) is 8.06. The van der Waals surface area contributed by atoms with Gasteiger partial charge in [0.05, 0.1) is 12.3 Å². The van der Waals surface area contributed by atoms with E-state index in [0.717, 1.165) is 25.1 Å². The van der Waals surface area contributed by atoms with Crippen molar-refractivity contribution in [1.82, 2.24) is 15.0 Å². The lowest BCUT2D eigenvalue weighted by molar-refractivity contribution is 0.0518. The summed E-state index contributed by atoms with van der Waals surface area (Å²) in [5.74, 6) is 0.295. The Labute approximate surface area is 102 Å². The van der Waals surface area contributed by atoms with Crippen molar-refractivity contribution in [2.24, 2.45) is 5.92 Å². The lowest BCUT2D eigenvalue weighted by Gasteiger charge is -2.05. The van der Waals surface area contributed by atoms with Gasteiger partial charge in [0.2, 0.25) is 0 Å². The molecule has 1 rings (SSSR count). The van der Waals surface area contributed by atoms with Crippen LogP contribution in [0.2, 0.25) is 0 Å². The molecular weight excluding hydrogens is 218 g/mol. The molecule has 17 heavy (non-hydrogen) atoms. The summed E-state index contributed by atoms with van der Waals surface area (Å²) in [6.45, 7) is 9.17. The summed E-state index contributed by atoms with van der Waals surface area (Å²) in [6, 6.07) is 0. The zero-order chi connectivity index (χ0) is 12.8. The number of nitrogens with zero attached hydrogens (tertiary/aromatic N) is 3. The maximum Gasteiger partial charge on any atom is 0.360 e. The van der Waals surface area contributed by atoms with Crippen LogP contribution in [-0.4, -0.2) is 27.6 Å². The predicted molar refractivity (Wildman–Crippen MR) is 64.8 cm³/mol. The molecule has 0 aromatic carbocycles. The second-order valence-corrected chi connectivity index (χ2v) is 4.50. The van der Waals surface area contributed by atoms with Crippen LogP contribution in [0.3, 0.4) is 0 Å².